The highest BCUT2D eigenvalue weighted by molar-refractivity contribution is 6.33. The minimum absolute atomic E-state index is 0.328. The van der Waals surface area contributed by atoms with E-state index in [1.54, 1.807) is 18.2 Å². The maximum Gasteiger partial charge on any atom is 0.272 e. The normalized spacial score (nSPS) is 9.71. The number of amides is 1. The molecule has 0 fully saturated rings. The van der Waals surface area contributed by atoms with Crippen molar-refractivity contribution < 1.29 is 4.79 Å². The zero-order valence-corrected chi connectivity index (χ0v) is 9.48. The standard InChI is InChI=1S/C11H9ClN4O/c12-9-3-1-2-4-10(9)15-16-11(17)8-5-13-7-14-6-8/h1-7,15H,(H,16,17). The quantitative estimate of drug-likeness (QED) is 0.814. The molecule has 17 heavy (non-hydrogen) atoms. The van der Waals surface area contributed by atoms with E-state index >= 15 is 0 Å². The van der Waals surface area contributed by atoms with Gasteiger partial charge in [0, 0.05) is 12.4 Å². The second-order valence-corrected chi connectivity index (χ2v) is 3.59. The molecule has 2 N–H and O–H groups in total. The minimum Gasteiger partial charge on any atom is -0.297 e. The Morgan fingerprint density at radius 3 is 2.59 bits per heavy atom. The van der Waals surface area contributed by atoms with Crippen LogP contribution < -0.4 is 10.9 Å². The summed E-state index contributed by atoms with van der Waals surface area (Å²) in [5.41, 5.74) is 6.22. The lowest BCUT2D eigenvalue weighted by Gasteiger charge is -2.09. The molecule has 0 aliphatic carbocycles. The molecule has 0 unspecified atom stereocenters. The molecular formula is C11H9ClN4O. The van der Waals surface area contributed by atoms with E-state index in [4.69, 9.17) is 11.6 Å². The summed E-state index contributed by atoms with van der Waals surface area (Å²) >= 11 is 5.92. The van der Waals surface area contributed by atoms with Crippen molar-refractivity contribution in [3.05, 3.63) is 53.6 Å². The van der Waals surface area contributed by atoms with Gasteiger partial charge in [-0.15, -0.1) is 0 Å². The summed E-state index contributed by atoms with van der Waals surface area (Å²) in [7, 11) is 0. The van der Waals surface area contributed by atoms with E-state index in [0.717, 1.165) is 0 Å². The molecule has 6 heteroatoms. The van der Waals surface area contributed by atoms with Crippen LogP contribution in [-0.2, 0) is 0 Å². The summed E-state index contributed by atoms with van der Waals surface area (Å²) in [6, 6.07) is 7.10. The summed E-state index contributed by atoms with van der Waals surface area (Å²) in [6.45, 7) is 0. The van der Waals surface area contributed by atoms with E-state index in [9.17, 15) is 4.79 Å². The van der Waals surface area contributed by atoms with Gasteiger partial charge in [0.25, 0.3) is 5.91 Å². The number of hydrogen-bond donors (Lipinski definition) is 2. The third-order valence-electron chi connectivity index (χ3n) is 2.01. The molecule has 86 valence electrons. The fraction of sp³-hybridized carbons (Fsp3) is 0. The molecule has 1 aromatic carbocycles. The van der Waals surface area contributed by atoms with Crippen molar-refractivity contribution in [3.63, 3.8) is 0 Å². The van der Waals surface area contributed by atoms with Gasteiger partial charge in [-0.2, -0.15) is 0 Å². The molecule has 5 nitrogen and oxygen atoms in total. The molecular weight excluding hydrogens is 240 g/mol. The summed E-state index contributed by atoms with van der Waals surface area (Å²) < 4.78 is 0. The second-order valence-electron chi connectivity index (χ2n) is 3.19. The number of carbonyl (C=O) groups is 1. The average molecular weight is 249 g/mol. The van der Waals surface area contributed by atoms with Crippen LogP contribution in [0.1, 0.15) is 10.4 Å². The molecule has 0 saturated carbocycles. The maximum atomic E-state index is 11.6. The Bertz CT molecular complexity index is 518. The first-order valence-electron chi connectivity index (χ1n) is 4.83. The molecule has 0 bridgehead atoms. The number of rotatable bonds is 3. The van der Waals surface area contributed by atoms with Crippen molar-refractivity contribution in [2.24, 2.45) is 0 Å². The first kappa shape index (κ1) is 11.3. The zero-order chi connectivity index (χ0) is 12.1. The van der Waals surface area contributed by atoms with Crippen LogP contribution in [0.5, 0.6) is 0 Å². The van der Waals surface area contributed by atoms with Gasteiger partial charge in [0.1, 0.15) is 6.33 Å². The number of carbonyl (C=O) groups excluding carboxylic acids is 1. The van der Waals surface area contributed by atoms with Gasteiger partial charge in [-0.3, -0.25) is 15.6 Å². The van der Waals surface area contributed by atoms with Crippen LogP contribution in [-0.4, -0.2) is 15.9 Å². The van der Waals surface area contributed by atoms with Gasteiger partial charge in [0.05, 0.1) is 16.3 Å². The van der Waals surface area contributed by atoms with E-state index in [0.29, 0.717) is 16.3 Å². The van der Waals surface area contributed by atoms with Crippen molar-refractivity contribution in [2.75, 3.05) is 5.43 Å². The molecule has 0 aliphatic heterocycles. The van der Waals surface area contributed by atoms with E-state index in [-0.39, 0.29) is 5.91 Å². The van der Waals surface area contributed by atoms with Gasteiger partial charge in [0.2, 0.25) is 0 Å². The Morgan fingerprint density at radius 1 is 1.18 bits per heavy atom. The molecule has 0 aliphatic rings. The molecule has 1 heterocycles. The van der Waals surface area contributed by atoms with Crippen molar-refractivity contribution in [1.29, 1.82) is 0 Å². The first-order chi connectivity index (χ1) is 8.27. The smallest absolute Gasteiger partial charge is 0.272 e. The summed E-state index contributed by atoms with van der Waals surface area (Å²) in [5.74, 6) is -0.328. The Balaban J connectivity index is 2.00. The molecule has 2 aromatic rings. The SMILES string of the molecule is O=C(NNc1ccccc1Cl)c1cncnc1. The van der Waals surface area contributed by atoms with Gasteiger partial charge in [-0.05, 0) is 12.1 Å². The Hall–Kier alpha value is -2.14. The number of anilines is 1. The summed E-state index contributed by atoms with van der Waals surface area (Å²) in [5, 5.41) is 0.525. The lowest BCUT2D eigenvalue weighted by Crippen LogP contribution is -2.29. The third-order valence-corrected chi connectivity index (χ3v) is 2.34. The topological polar surface area (TPSA) is 66.9 Å². The number of nitrogens with zero attached hydrogens (tertiary/aromatic N) is 2. The molecule has 1 aromatic heterocycles. The number of hydrazine groups is 1. The second kappa shape index (κ2) is 5.27. The highest BCUT2D eigenvalue weighted by Gasteiger charge is 2.05. The molecule has 0 atom stereocenters. The third kappa shape index (κ3) is 2.92. The van der Waals surface area contributed by atoms with Gasteiger partial charge in [-0.25, -0.2) is 9.97 Å². The van der Waals surface area contributed by atoms with Crippen LogP contribution in [0.2, 0.25) is 5.02 Å². The molecule has 1 amide bonds. The lowest BCUT2D eigenvalue weighted by molar-refractivity contribution is 0.0962. The van der Waals surface area contributed by atoms with Crippen LogP contribution >= 0.6 is 11.6 Å². The van der Waals surface area contributed by atoms with Crippen molar-refractivity contribution >= 4 is 23.2 Å². The monoisotopic (exact) mass is 248 g/mol. The van der Waals surface area contributed by atoms with E-state index < -0.39 is 0 Å². The van der Waals surface area contributed by atoms with E-state index in [2.05, 4.69) is 20.8 Å². The van der Waals surface area contributed by atoms with Gasteiger partial charge >= 0.3 is 0 Å². The average Bonchev–Trinajstić information content (AvgIpc) is 2.38. The predicted molar refractivity (Wildman–Crippen MR) is 64.6 cm³/mol. The van der Waals surface area contributed by atoms with Crippen molar-refractivity contribution in [3.8, 4) is 0 Å². The Morgan fingerprint density at radius 2 is 1.88 bits per heavy atom. The molecule has 0 radical (unpaired) electrons. The first-order valence-corrected chi connectivity index (χ1v) is 5.21. The Labute approximate surface area is 103 Å². The van der Waals surface area contributed by atoms with Crippen LogP contribution in [0.15, 0.2) is 43.0 Å². The number of benzene rings is 1. The lowest BCUT2D eigenvalue weighted by atomic mass is 10.3. The van der Waals surface area contributed by atoms with Crippen LogP contribution in [0.3, 0.4) is 0 Å². The highest BCUT2D eigenvalue weighted by atomic mass is 35.5. The number of aromatic nitrogens is 2. The minimum atomic E-state index is -0.328. The van der Waals surface area contributed by atoms with Gasteiger partial charge < -0.3 is 0 Å². The number of hydrogen-bond acceptors (Lipinski definition) is 4. The van der Waals surface area contributed by atoms with Crippen molar-refractivity contribution in [2.45, 2.75) is 0 Å². The van der Waals surface area contributed by atoms with Gasteiger partial charge in [-0.1, -0.05) is 23.7 Å². The van der Waals surface area contributed by atoms with Crippen LogP contribution in [0.25, 0.3) is 0 Å². The zero-order valence-electron chi connectivity index (χ0n) is 8.72. The van der Waals surface area contributed by atoms with Gasteiger partial charge in [0.15, 0.2) is 0 Å². The number of nitrogens with one attached hydrogen (secondary N) is 2. The molecule has 2 rings (SSSR count). The van der Waals surface area contributed by atoms with Crippen molar-refractivity contribution in [1.82, 2.24) is 15.4 Å². The summed E-state index contributed by atoms with van der Waals surface area (Å²) in [6.07, 6.45) is 4.21. The highest BCUT2D eigenvalue weighted by Crippen LogP contribution is 2.19. The number of halogens is 1. The maximum absolute atomic E-state index is 11.6. The predicted octanol–water partition coefficient (Wildman–Crippen LogP) is 1.89. The molecule has 0 spiro atoms. The largest absolute Gasteiger partial charge is 0.297 e. The van der Waals surface area contributed by atoms with E-state index in [1.165, 1.54) is 18.7 Å². The fourth-order valence-corrected chi connectivity index (χ4v) is 1.36. The summed E-state index contributed by atoms with van der Waals surface area (Å²) in [4.78, 5) is 19.1. The van der Waals surface area contributed by atoms with Crippen LogP contribution in [0.4, 0.5) is 5.69 Å². The molecule has 0 saturated heterocycles. The number of para-hydroxylation sites is 1. The van der Waals surface area contributed by atoms with E-state index in [1.807, 2.05) is 6.07 Å². The fourth-order valence-electron chi connectivity index (χ4n) is 1.18. The van der Waals surface area contributed by atoms with Crippen LogP contribution in [0, 0.1) is 0 Å². The Kier molecular flexibility index (Phi) is 3.52.